The molecule has 2 heterocycles. The molecule has 8 aromatic carbocycles. The Labute approximate surface area is 295 Å². The summed E-state index contributed by atoms with van der Waals surface area (Å²) < 4.78 is 2.38. The van der Waals surface area contributed by atoms with E-state index in [-0.39, 0.29) is 0 Å². The molecule has 0 atom stereocenters. The van der Waals surface area contributed by atoms with Crippen LogP contribution in [0.15, 0.2) is 182 Å². The number of benzene rings is 8. The normalized spacial score (nSPS) is 11.5. The van der Waals surface area contributed by atoms with Crippen LogP contribution in [0.3, 0.4) is 0 Å². The molecule has 0 saturated carbocycles. The first-order chi connectivity index (χ1) is 25.3. The zero-order chi connectivity index (χ0) is 33.7. The van der Waals surface area contributed by atoms with Crippen LogP contribution in [0.5, 0.6) is 0 Å². The van der Waals surface area contributed by atoms with Crippen molar-refractivity contribution in [2.75, 3.05) is 0 Å². The largest absolute Gasteiger partial charge is 0.309 e. The van der Waals surface area contributed by atoms with Gasteiger partial charge in [0.2, 0.25) is 0 Å². The fourth-order valence-electron chi connectivity index (χ4n) is 7.60. The Morgan fingerprint density at radius 2 is 0.686 bits per heavy atom. The van der Waals surface area contributed by atoms with Gasteiger partial charge in [-0.05, 0) is 56.9 Å². The third kappa shape index (κ3) is 4.80. The molecule has 0 radical (unpaired) electrons. The van der Waals surface area contributed by atoms with Crippen molar-refractivity contribution in [3.63, 3.8) is 0 Å². The molecular formula is C47H30N4. The standard InChI is InChI=1S/C47H30N4/c1-3-16-31(17-4-1)45-48-46(32-18-5-2-6-19-32)50-47(49-45)44-39-26-9-7-24-37(39)43(38-25-8-10-27-40(38)44)33-20-15-21-34(30-33)51-41-28-13-11-22-35(41)36-23-12-14-29-42(36)51/h1-30H. The number of para-hydroxylation sites is 2. The maximum atomic E-state index is 5.18. The van der Waals surface area contributed by atoms with Gasteiger partial charge in [0.25, 0.3) is 0 Å². The molecule has 0 aliphatic heterocycles. The summed E-state index contributed by atoms with van der Waals surface area (Å²) in [6.45, 7) is 0. The summed E-state index contributed by atoms with van der Waals surface area (Å²) in [4.78, 5) is 15.3. The summed E-state index contributed by atoms with van der Waals surface area (Å²) in [5.74, 6) is 1.95. The van der Waals surface area contributed by atoms with E-state index in [1.54, 1.807) is 0 Å². The van der Waals surface area contributed by atoms with Gasteiger partial charge in [0, 0.05) is 33.2 Å². The molecule has 0 spiro atoms. The molecule has 238 valence electrons. The van der Waals surface area contributed by atoms with E-state index in [9.17, 15) is 0 Å². The molecule has 4 heteroatoms. The molecule has 0 bridgehead atoms. The minimum absolute atomic E-state index is 0.649. The fourth-order valence-corrected chi connectivity index (χ4v) is 7.60. The van der Waals surface area contributed by atoms with Crippen molar-refractivity contribution in [3.8, 4) is 51.0 Å². The van der Waals surface area contributed by atoms with Gasteiger partial charge in [-0.15, -0.1) is 0 Å². The highest BCUT2D eigenvalue weighted by Crippen LogP contribution is 2.44. The summed E-state index contributed by atoms with van der Waals surface area (Å²) in [5.41, 5.74) is 8.75. The molecule has 4 nitrogen and oxygen atoms in total. The summed E-state index contributed by atoms with van der Waals surface area (Å²) in [5, 5.41) is 6.99. The molecule has 0 N–H and O–H groups in total. The highest BCUT2D eigenvalue weighted by atomic mass is 15.0. The maximum absolute atomic E-state index is 5.18. The van der Waals surface area contributed by atoms with Gasteiger partial charge in [0.05, 0.1) is 11.0 Å². The van der Waals surface area contributed by atoms with Crippen molar-refractivity contribution in [2.45, 2.75) is 0 Å². The van der Waals surface area contributed by atoms with Gasteiger partial charge in [0.1, 0.15) is 0 Å². The van der Waals surface area contributed by atoms with Crippen LogP contribution in [0.2, 0.25) is 0 Å². The fraction of sp³-hybridized carbons (Fsp3) is 0. The summed E-state index contributed by atoms with van der Waals surface area (Å²) in [6, 6.07) is 63.9. The quantitative estimate of drug-likeness (QED) is 0.174. The lowest BCUT2D eigenvalue weighted by atomic mass is 9.88. The molecule has 0 saturated heterocycles. The highest BCUT2D eigenvalue weighted by molar-refractivity contribution is 6.21. The van der Waals surface area contributed by atoms with Crippen molar-refractivity contribution in [1.82, 2.24) is 19.5 Å². The number of fused-ring (bicyclic) bond motifs is 5. The highest BCUT2D eigenvalue weighted by Gasteiger charge is 2.21. The Morgan fingerprint density at radius 3 is 1.20 bits per heavy atom. The number of nitrogens with zero attached hydrogens (tertiary/aromatic N) is 4. The van der Waals surface area contributed by atoms with Crippen molar-refractivity contribution in [1.29, 1.82) is 0 Å². The van der Waals surface area contributed by atoms with E-state index in [0.29, 0.717) is 17.5 Å². The van der Waals surface area contributed by atoms with E-state index >= 15 is 0 Å². The lowest BCUT2D eigenvalue weighted by Gasteiger charge is -2.18. The number of hydrogen-bond donors (Lipinski definition) is 0. The van der Waals surface area contributed by atoms with Gasteiger partial charge in [-0.1, -0.05) is 158 Å². The van der Waals surface area contributed by atoms with Gasteiger partial charge in [-0.2, -0.15) is 0 Å². The van der Waals surface area contributed by atoms with Crippen LogP contribution in [0.4, 0.5) is 0 Å². The van der Waals surface area contributed by atoms with E-state index in [1.165, 1.54) is 27.4 Å². The van der Waals surface area contributed by atoms with E-state index in [1.807, 2.05) is 36.4 Å². The minimum atomic E-state index is 0.649. The molecule has 0 fully saturated rings. The van der Waals surface area contributed by atoms with Crippen LogP contribution in [0.25, 0.3) is 94.3 Å². The maximum Gasteiger partial charge on any atom is 0.165 e. The number of aromatic nitrogens is 4. The molecule has 0 aliphatic carbocycles. The first kappa shape index (κ1) is 29.0. The molecule has 0 unspecified atom stereocenters. The Hall–Kier alpha value is -6.91. The van der Waals surface area contributed by atoms with Crippen LogP contribution in [-0.4, -0.2) is 19.5 Å². The van der Waals surface area contributed by atoms with Crippen molar-refractivity contribution in [2.24, 2.45) is 0 Å². The van der Waals surface area contributed by atoms with Gasteiger partial charge in [-0.3, -0.25) is 0 Å². The van der Waals surface area contributed by atoms with Crippen molar-refractivity contribution < 1.29 is 0 Å². The third-order valence-electron chi connectivity index (χ3n) is 9.83. The molecule has 0 amide bonds. The molecule has 10 rings (SSSR count). The summed E-state index contributed by atoms with van der Waals surface area (Å²) in [6.07, 6.45) is 0. The Balaban J connectivity index is 1.24. The zero-order valence-corrected chi connectivity index (χ0v) is 27.6. The van der Waals surface area contributed by atoms with E-state index in [4.69, 9.17) is 15.0 Å². The molecule has 51 heavy (non-hydrogen) atoms. The molecule has 2 aromatic heterocycles. The summed E-state index contributed by atoms with van der Waals surface area (Å²) >= 11 is 0. The topological polar surface area (TPSA) is 43.6 Å². The van der Waals surface area contributed by atoms with Gasteiger partial charge < -0.3 is 4.57 Å². The average molecular weight is 651 g/mol. The van der Waals surface area contributed by atoms with Gasteiger partial charge in [0.15, 0.2) is 17.5 Å². The first-order valence-electron chi connectivity index (χ1n) is 17.2. The molecular weight excluding hydrogens is 621 g/mol. The van der Waals surface area contributed by atoms with Crippen LogP contribution < -0.4 is 0 Å². The van der Waals surface area contributed by atoms with Crippen LogP contribution >= 0.6 is 0 Å². The Bertz CT molecular complexity index is 2740. The minimum Gasteiger partial charge on any atom is -0.309 e. The van der Waals surface area contributed by atoms with E-state index in [0.717, 1.165) is 49.5 Å². The van der Waals surface area contributed by atoms with Gasteiger partial charge >= 0.3 is 0 Å². The second-order valence-corrected chi connectivity index (χ2v) is 12.8. The van der Waals surface area contributed by atoms with Crippen molar-refractivity contribution >= 4 is 43.4 Å². The second-order valence-electron chi connectivity index (χ2n) is 12.8. The summed E-state index contributed by atoms with van der Waals surface area (Å²) in [7, 11) is 0. The van der Waals surface area contributed by atoms with Crippen molar-refractivity contribution in [3.05, 3.63) is 182 Å². The smallest absolute Gasteiger partial charge is 0.165 e. The second kappa shape index (κ2) is 11.9. The lowest BCUT2D eigenvalue weighted by Crippen LogP contribution is -2.01. The Kier molecular flexibility index (Phi) is 6.78. The number of rotatable bonds is 5. The zero-order valence-electron chi connectivity index (χ0n) is 27.6. The number of hydrogen-bond acceptors (Lipinski definition) is 3. The first-order valence-corrected chi connectivity index (χ1v) is 17.2. The average Bonchev–Trinajstić information content (AvgIpc) is 3.55. The SMILES string of the molecule is c1ccc(-c2nc(-c3ccccc3)nc(-c3c4ccccc4c(-c4cccc(-n5c6ccccc6c6ccccc65)c4)c4ccccc34)n2)cc1. The Morgan fingerprint density at radius 1 is 0.294 bits per heavy atom. The van der Waals surface area contributed by atoms with Crippen LogP contribution in [0, 0.1) is 0 Å². The van der Waals surface area contributed by atoms with Crippen LogP contribution in [-0.2, 0) is 0 Å². The predicted molar refractivity (Wildman–Crippen MR) is 211 cm³/mol. The van der Waals surface area contributed by atoms with Gasteiger partial charge in [-0.25, -0.2) is 15.0 Å². The van der Waals surface area contributed by atoms with E-state index < -0.39 is 0 Å². The molecule has 10 aromatic rings. The lowest BCUT2D eigenvalue weighted by molar-refractivity contribution is 1.08. The predicted octanol–water partition coefficient (Wildman–Crippen LogP) is 11.9. The molecule has 0 aliphatic rings. The monoisotopic (exact) mass is 650 g/mol. The van der Waals surface area contributed by atoms with Crippen LogP contribution in [0.1, 0.15) is 0 Å². The van der Waals surface area contributed by atoms with E-state index in [2.05, 4.69) is 150 Å². The third-order valence-corrected chi connectivity index (χ3v) is 9.83.